The summed E-state index contributed by atoms with van der Waals surface area (Å²) in [6.45, 7) is 5.87. The van der Waals surface area contributed by atoms with Crippen LogP contribution in [0, 0.1) is 11.3 Å². The zero-order chi connectivity index (χ0) is 13.3. The number of nitrogens with zero attached hydrogens (tertiary/aromatic N) is 1. The summed E-state index contributed by atoms with van der Waals surface area (Å²) in [4.78, 5) is 0. The molecule has 1 aliphatic rings. The Balaban J connectivity index is 2.21. The van der Waals surface area contributed by atoms with E-state index in [0.717, 1.165) is 29.5 Å². The van der Waals surface area contributed by atoms with Crippen molar-refractivity contribution in [1.29, 1.82) is 5.26 Å². The molecule has 0 amide bonds. The summed E-state index contributed by atoms with van der Waals surface area (Å²) in [6, 6.07) is 8.11. The van der Waals surface area contributed by atoms with Crippen molar-refractivity contribution in [3.63, 3.8) is 0 Å². The quantitative estimate of drug-likeness (QED) is 0.833. The first-order chi connectivity index (χ1) is 8.43. The van der Waals surface area contributed by atoms with Crippen molar-refractivity contribution in [1.82, 2.24) is 4.72 Å². The Hall–Kier alpha value is -1.02. The molecule has 1 unspecified atom stereocenters. The van der Waals surface area contributed by atoms with Crippen molar-refractivity contribution >= 4 is 11.4 Å². The fourth-order valence-electron chi connectivity index (χ4n) is 2.19. The van der Waals surface area contributed by atoms with Gasteiger partial charge >= 0.3 is 0 Å². The lowest BCUT2D eigenvalue weighted by atomic mass is 10.0. The topological polar surface area (TPSA) is 58.9 Å². The second-order valence-electron chi connectivity index (χ2n) is 5.58. The van der Waals surface area contributed by atoms with Crippen molar-refractivity contribution in [2.24, 2.45) is 0 Å². The minimum atomic E-state index is -1.08. The van der Waals surface area contributed by atoms with Crippen LogP contribution in [0.25, 0.3) is 0 Å². The van der Waals surface area contributed by atoms with E-state index >= 15 is 0 Å². The first-order valence-electron chi connectivity index (χ1n) is 6.13. The summed E-state index contributed by atoms with van der Waals surface area (Å²) in [7, 11) is 0. The van der Waals surface area contributed by atoms with Crippen LogP contribution in [0.3, 0.4) is 0 Å². The van der Waals surface area contributed by atoms with E-state index in [1.807, 2.05) is 39.0 Å². The van der Waals surface area contributed by atoms with Crippen molar-refractivity contribution in [2.75, 3.05) is 0 Å². The van der Waals surface area contributed by atoms with Gasteiger partial charge in [0.15, 0.2) is 0 Å². The maximum atomic E-state index is 12.1. The summed E-state index contributed by atoms with van der Waals surface area (Å²) >= 11 is -1.08. The fraction of sp³-hybridized carbons (Fsp3) is 0.500. The standard InChI is InChI=1S/C14H18N2OS/c1-14(2,3)18(17)16-13-8-7-11-10(9-15)5-4-6-12(11)13/h4-6,13,16H,7-8H2,1-3H3/t13?,18-/m1/s1. The van der Waals surface area contributed by atoms with Gasteiger partial charge < -0.3 is 4.55 Å². The molecule has 0 saturated carbocycles. The van der Waals surface area contributed by atoms with E-state index in [0.29, 0.717) is 0 Å². The van der Waals surface area contributed by atoms with E-state index in [2.05, 4.69) is 10.8 Å². The van der Waals surface area contributed by atoms with Gasteiger partial charge in [-0.25, -0.2) is 0 Å². The smallest absolute Gasteiger partial charge is 0.136 e. The van der Waals surface area contributed by atoms with Gasteiger partial charge in [-0.15, -0.1) is 4.72 Å². The van der Waals surface area contributed by atoms with E-state index in [1.165, 1.54) is 0 Å². The summed E-state index contributed by atoms with van der Waals surface area (Å²) in [6.07, 6.45) is 1.80. The van der Waals surface area contributed by atoms with Gasteiger partial charge in [-0.2, -0.15) is 5.26 Å². The Kier molecular flexibility index (Phi) is 3.67. The molecule has 0 fully saturated rings. The molecule has 96 valence electrons. The van der Waals surface area contributed by atoms with E-state index < -0.39 is 11.4 Å². The average Bonchev–Trinajstić information content (AvgIpc) is 2.71. The predicted octanol–water partition coefficient (Wildman–Crippen LogP) is 2.60. The normalized spacial score (nSPS) is 20.3. The molecule has 0 aliphatic heterocycles. The van der Waals surface area contributed by atoms with Crippen molar-refractivity contribution in [3.8, 4) is 6.07 Å². The number of nitriles is 1. The van der Waals surface area contributed by atoms with Crippen molar-refractivity contribution < 1.29 is 4.55 Å². The molecule has 2 atom stereocenters. The lowest BCUT2D eigenvalue weighted by Crippen LogP contribution is -2.40. The summed E-state index contributed by atoms with van der Waals surface area (Å²) in [5.41, 5.74) is 2.99. The van der Waals surface area contributed by atoms with Crippen LogP contribution in [-0.4, -0.2) is 9.30 Å². The molecular weight excluding hydrogens is 244 g/mol. The predicted molar refractivity (Wildman–Crippen MR) is 73.3 cm³/mol. The third kappa shape index (κ3) is 2.54. The largest absolute Gasteiger partial charge is 0.598 e. The SMILES string of the molecule is CC(C)(C)[S@@+]([O-])NC1CCc2c(C#N)cccc21. The van der Waals surface area contributed by atoms with Crippen LogP contribution >= 0.6 is 0 Å². The van der Waals surface area contributed by atoms with Gasteiger partial charge in [0.2, 0.25) is 0 Å². The Morgan fingerprint density at radius 3 is 2.78 bits per heavy atom. The maximum Gasteiger partial charge on any atom is 0.136 e. The molecular formula is C14H18N2OS. The molecule has 0 bridgehead atoms. The third-order valence-corrected chi connectivity index (χ3v) is 4.81. The second-order valence-corrected chi connectivity index (χ2v) is 7.57. The lowest BCUT2D eigenvalue weighted by Gasteiger charge is -2.26. The molecule has 4 heteroatoms. The highest BCUT2D eigenvalue weighted by Gasteiger charge is 2.33. The third-order valence-electron chi connectivity index (χ3n) is 3.20. The summed E-state index contributed by atoms with van der Waals surface area (Å²) in [5, 5.41) is 9.07. The molecule has 0 spiro atoms. The van der Waals surface area contributed by atoms with Gasteiger partial charge in [-0.1, -0.05) is 12.1 Å². The minimum absolute atomic E-state index is 0.105. The molecule has 1 aromatic rings. The number of hydrogen-bond acceptors (Lipinski definition) is 3. The molecule has 1 aliphatic carbocycles. The van der Waals surface area contributed by atoms with Gasteiger partial charge in [-0.05, 0) is 50.8 Å². The highest BCUT2D eigenvalue weighted by molar-refractivity contribution is 7.90. The van der Waals surface area contributed by atoms with Crippen LogP contribution in [0.5, 0.6) is 0 Å². The van der Waals surface area contributed by atoms with Crippen LogP contribution in [0.1, 0.15) is 49.9 Å². The van der Waals surface area contributed by atoms with Gasteiger partial charge in [-0.3, -0.25) is 0 Å². The minimum Gasteiger partial charge on any atom is -0.598 e. The molecule has 0 radical (unpaired) electrons. The molecule has 1 N–H and O–H groups in total. The molecule has 0 saturated heterocycles. The highest BCUT2D eigenvalue weighted by atomic mass is 32.2. The number of benzene rings is 1. The molecule has 0 aromatic heterocycles. The Labute approximate surface area is 112 Å². The van der Waals surface area contributed by atoms with E-state index in [1.54, 1.807) is 0 Å². The maximum absolute atomic E-state index is 12.1. The summed E-state index contributed by atoms with van der Waals surface area (Å²) in [5.74, 6) is 0. The number of rotatable bonds is 2. The number of nitrogens with one attached hydrogen (secondary N) is 1. The van der Waals surface area contributed by atoms with Crippen LogP contribution in [0.15, 0.2) is 18.2 Å². The van der Waals surface area contributed by atoms with E-state index in [-0.39, 0.29) is 10.8 Å². The van der Waals surface area contributed by atoms with Crippen molar-refractivity contribution in [2.45, 2.75) is 44.4 Å². The first-order valence-corrected chi connectivity index (χ1v) is 7.28. The van der Waals surface area contributed by atoms with Crippen LogP contribution in [0.2, 0.25) is 0 Å². The Morgan fingerprint density at radius 1 is 1.44 bits per heavy atom. The molecule has 3 nitrogen and oxygen atoms in total. The average molecular weight is 262 g/mol. The van der Waals surface area contributed by atoms with E-state index in [9.17, 15) is 4.55 Å². The van der Waals surface area contributed by atoms with Gasteiger partial charge in [0, 0.05) is 11.4 Å². The molecule has 18 heavy (non-hydrogen) atoms. The fourth-order valence-corrected chi connectivity index (χ4v) is 3.04. The Bertz CT molecular complexity index is 488. The van der Waals surface area contributed by atoms with Crippen LogP contribution in [0.4, 0.5) is 0 Å². The molecule has 2 rings (SSSR count). The van der Waals surface area contributed by atoms with Gasteiger partial charge in [0.25, 0.3) is 0 Å². The molecule has 0 heterocycles. The van der Waals surface area contributed by atoms with Gasteiger partial charge in [0.1, 0.15) is 4.75 Å². The molecule has 1 aromatic carbocycles. The zero-order valence-electron chi connectivity index (χ0n) is 11.0. The van der Waals surface area contributed by atoms with Crippen molar-refractivity contribution in [3.05, 3.63) is 34.9 Å². The van der Waals surface area contributed by atoms with Crippen LogP contribution < -0.4 is 4.72 Å². The highest BCUT2D eigenvalue weighted by Crippen LogP contribution is 2.34. The van der Waals surface area contributed by atoms with Crippen LogP contribution in [-0.2, 0) is 17.8 Å². The number of fused-ring (bicyclic) bond motifs is 1. The van der Waals surface area contributed by atoms with E-state index in [4.69, 9.17) is 5.26 Å². The monoisotopic (exact) mass is 262 g/mol. The summed E-state index contributed by atoms with van der Waals surface area (Å²) < 4.78 is 15.0. The zero-order valence-corrected chi connectivity index (χ0v) is 11.8. The second kappa shape index (κ2) is 4.93. The Morgan fingerprint density at radius 2 is 2.17 bits per heavy atom. The lowest BCUT2D eigenvalue weighted by molar-refractivity contribution is 0.522. The first kappa shape index (κ1) is 13.4. The van der Waals surface area contributed by atoms with Gasteiger partial charge in [0.05, 0.1) is 17.7 Å². The number of hydrogen-bond donors (Lipinski definition) is 1.